The van der Waals surface area contributed by atoms with Crippen LogP contribution in [-0.4, -0.2) is 48.2 Å². The molecule has 4 N–H and O–H groups in total. The molecule has 0 spiro atoms. The third kappa shape index (κ3) is 5.31. The number of nitrogens with two attached hydrogens (primary N) is 1. The molecule has 0 unspecified atom stereocenters. The van der Waals surface area contributed by atoms with Gasteiger partial charge in [-0.3, -0.25) is 4.99 Å². The summed E-state index contributed by atoms with van der Waals surface area (Å²) < 4.78 is 0. The van der Waals surface area contributed by atoms with Crippen LogP contribution >= 0.6 is 0 Å². The van der Waals surface area contributed by atoms with Crippen molar-refractivity contribution in [1.82, 2.24) is 4.90 Å². The van der Waals surface area contributed by atoms with Crippen molar-refractivity contribution >= 4 is 11.6 Å². The minimum absolute atomic E-state index is 0.105. The van der Waals surface area contributed by atoms with Gasteiger partial charge in [-0.05, 0) is 62.9 Å². The van der Waals surface area contributed by atoms with E-state index in [0.717, 1.165) is 51.1 Å². The number of aliphatic imine (C=N–C) groups is 1. The Kier molecular flexibility index (Phi) is 6.21. The second-order valence-corrected chi connectivity index (χ2v) is 6.12. The monoisotopic (exact) mass is 304 g/mol. The lowest BCUT2D eigenvalue weighted by Gasteiger charge is -2.29. The summed E-state index contributed by atoms with van der Waals surface area (Å²) in [6.07, 6.45) is 2.66. The van der Waals surface area contributed by atoms with Crippen LogP contribution in [0, 0.1) is 13.8 Å². The van der Waals surface area contributed by atoms with Crippen molar-refractivity contribution in [2.75, 3.05) is 31.5 Å². The highest BCUT2D eigenvalue weighted by molar-refractivity contribution is 5.92. The summed E-state index contributed by atoms with van der Waals surface area (Å²) in [6, 6.07) is 6.18. The number of hydrogen-bond acceptors (Lipinski definition) is 3. The van der Waals surface area contributed by atoms with Crippen molar-refractivity contribution in [1.29, 1.82) is 0 Å². The summed E-state index contributed by atoms with van der Waals surface area (Å²) >= 11 is 0. The Labute approximate surface area is 133 Å². The Balaban J connectivity index is 1.70. The number of rotatable bonds is 5. The number of guanidine groups is 1. The summed E-state index contributed by atoms with van der Waals surface area (Å²) in [5.74, 6) is 0.470. The van der Waals surface area contributed by atoms with Gasteiger partial charge in [0.05, 0.1) is 6.10 Å². The molecule has 1 aliphatic heterocycles. The Morgan fingerprint density at radius 3 is 2.73 bits per heavy atom. The molecular formula is C17H28N4O. The second-order valence-electron chi connectivity index (χ2n) is 6.12. The molecule has 1 aromatic carbocycles. The first-order valence-electron chi connectivity index (χ1n) is 8.09. The lowest BCUT2D eigenvalue weighted by Crippen LogP contribution is -2.36. The van der Waals surface area contributed by atoms with E-state index in [2.05, 4.69) is 41.2 Å². The largest absolute Gasteiger partial charge is 0.393 e. The minimum atomic E-state index is -0.105. The highest BCUT2D eigenvalue weighted by atomic mass is 16.3. The maximum absolute atomic E-state index is 9.47. The Hall–Kier alpha value is -1.59. The van der Waals surface area contributed by atoms with Gasteiger partial charge < -0.3 is 21.1 Å². The lowest BCUT2D eigenvalue weighted by molar-refractivity contribution is 0.0824. The maximum atomic E-state index is 9.47. The standard InChI is InChI=1S/C17H28N4O/c1-13-4-5-15(12-14(13)2)20-17(18)19-8-3-9-21-10-6-16(22)7-11-21/h4-5,12,16,22H,3,6-11H2,1-2H3,(H3,18,19,20). The number of anilines is 1. The molecule has 1 saturated heterocycles. The number of aliphatic hydroxyl groups is 1. The van der Waals surface area contributed by atoms with Crippen molar-refractivity contribution < 1.29 is 5.11 Å². The molecule has 22 heavy (non-hydrogen) atoms. The number of benzene rings is 1. The molecule has 5 heteroatoms. The van der Waals surface area contributed by atoms with E-state index in [1.54, 1.807) is 0 Å². The van der Waals surface area contributed by atoms with Crippen LogP contribution in [0.25, 0.3) is 0 Å². The highest BCUT2D eigenvalue weighted by Gasteiger charge is 2.15. The van der Waals surface area contributed by atoms with Crippen LogP contribution in [0.4, 0.5) is 5.69 Å². The van der Waals surface area contributed by atoms with E-state index >= 15 is 0 Å². The van der Waals surface area contributed by atoms with Gasteiger partial charge in [0, 0.05) is 25.3 Å². The van der Waals surface area contributed by atoms with Crippen LogP contribution < -0.4 is 11.1 Å². The maximum Gasteiger partial charge on any atom is 0.193 e. The zero-order chi connectivity index (χ0) is 15.9. The van der Waals surface area contributed by atoms with Gasteiger partial charge in [-0.15, -0.1) is 0 Å². The number of aliphatic hydroxyl groups excluding tert-OH is 1. The summed E-state index contributed by atoms with van der Waals surface area (Å²) in [7, 11) is 0. The summed E-state index contributed by atoms with van der Waals surface area (Å²) in [6.45, 7) is 7.90. The van der Waals surface area contributed by atoms with Gasteiger partial charge in [-0.25, -0.2) is 0 Å². The molecule has 5 nitrogen and oxygen atoms in total. The van der Waals surface area contributed by atoms with E-state index < -0.39 is 0 Å². The molecule has 1 fully saturated rings. The topological polar surface area (TPSA) is 73.9 Å². The van der Waals surface area contributed by atoms with Gasteiger partial charge in [-0.1, -0.05) is 6.07 Å². The zero-order valence-electron chi connectivity index (χ0n) is 13.7. The number of piperidine rings is 1. The number of likely N-dealkylation sites (tertiary alicyclic amines) is 1. The number of aryl methyl sites for hydroxylation is 2. The molecule has 0 bridgehead atoms. The predicted octanol–water partition coefficient (Wildman–Crippen LogP) is 1.88. The third-order valence-corrected chi connectivity index (χ3v) is 4.25. The molecule has 0 atom stereocenters. The average molecular weight is 304 g/mol. The van der Waals surface area contributed by atoms with E-state index in [-0.39, 0.29) is 6.10 Å². The molecule has 1 heterocycles. The highest BCUT2D eigenvalue weighted by Crippen LogP contribution is 2.13. The molecular weight excluding hydrogens is 276 g/mol. The summed E-state index contributed by atoms with van der Waals surface area (Å²) in [5, 5.41) is 12.6. The second kappa shape index (κ2) is 8.15. The fourth-order valence-corrected chi connectivity index (χ4v) is 2.64. The van der Waals surface area contributed by atoms with Crippen molar-refractivity contribution in [2.45, 2.75) is 39.2 Å². The summed E-state index contributed by atoms with van der Waals surface area (Å²) in [4.78, 5) is 6.76. The number of nitrogens with zero attached hydrogens (tertiary/aromatic N) is 2. The first-order valence-corrected chi connectivity index (χ1v) is 8.09. The molecule has 2 rings (SSSR count). The molecule has 0 saturated carbocycles. The minimum Gasteiger partial charge on any atom is -0.393 e. The fourth-order valence-electron chi connectivity index (χ4n) is 2.64. The SMILES string of the molecule is Cc1ccc(NC(N)=NCCCN2CCC(O)CC2)cc1C. The average Bonchev–Trinajstić information content (AvgIpc) is 2.49. The van der Waals surface area contributed by atoms with Crippen molar-refractivity contribution in [3.63, 3.8) is 0 Å². The molecule has 1 aliphatic rings. The first-order chi connectivity index (χ1) is 10.5. The quantitative estimate of drug-likeness (QED) is 0.441. The Bertz CT molecular complexity index is 507. The van der Waals surface area contributed by atoms with Gasteiger partial charge >= 0.3 is 0 Å². The van der Waals surface area contributed by atoms with E-state index in [4.69, 9.17) is 5.73 Å². The first kappa shape index (κ1) is 16.8. The van der Waals surface area contributed by atoms with Crippen molar-refractivity contribution in [3.8, 4) is 0 Å². The molecule has 122 valence electrons. The number of hydrogen-bond donors (Lipinski definition) is 3. The van der Waals surface area contributed by atoms with E-state index in [1.165, 1.54) is 11.1 Å². The third-order valence-electron chi connectivity index (χ3n) is 4.25. The fraction of sp³-hybridized carbons (Fsp3) is 0.588. The molecule has 0 radical (unpaired) electrons. The van der Waals surface area contributed by atoms with E-state index in [9.17, 15) is 5.11 Å². The van der Waals surface area contributed by atoms with Crippen LogP contribution in [0.3, 0.4) is 0 Å². The van der Waals surface area contributed by atoms with E-state index in [1.807, 2.05) is 6.07 Å². The van der Waals surface area contributed by atoms with Crippen LogP contribution in [0.1, 0.15) is 30.4 Å². The zero-order valence-corrected chi connectivity index (χ0v) is 13.7. The molecule has 0 aliphatic carbocycles. The molecule has 0 amide bonds. The van der Waals surface area contributed by atoms with Gasteiger partial charge in [0.15, 0.2) is 5.96 Å². The van der Waals surface area contributed by atoms with Gasteiger partial charge in [-0.2, -0.15) is 0 Å². The number of nitrogens with one attached hydrogen (secondary N) is 1. The van der Waals surface area contributed by atoms with Gasteiger partial charge in [0.25, 0.3) is 0 Å². The smallest absolute Gasteiger partial charge is 0.193 e. The molecule has 1 aromatic rings. The molecule has 0 aromatic heterocycles. The van der Waals surface area contributed by atoms with E-state index in [0.29, 0.717) is 5.96 Å². The van der Waals surface area contributed by atoms with Crippen molar-refractivity contribution in [2.24, 2.45) is 10.7 Å². The lowest BCUT2D eigenvalue weighted by atomic mass is 10.1. The normalized spacial score (nSPS) is 17.7. The van der Waals surface area contributed by atoms with Crippen molar-refractivity contribution in [3.05, 3.63) is 29.3 Å². The Morgan fingerprint density at radius 1 is 1.32 bits per heavy atom. The van der Waals surface area contributed by atoms with Gasteiger partial charge in [0.2, 0.25) is 0 Å². The van der Waals surface area contributed by atoms with Crippen LogP contribution in [0.5, 0.6) is 0 Å². The van der Waals surface area contributed by atoms with Crippen LogP contribution in [0.2, 0.25) is 0 Å². The summed E-state index contributed by atoms with van der Waals surface area (Å²) in [5.41, 5.74) is 9.42. The van der Waals surface area contributed by atoms with Gasteiger partial charge in [0.1, 0.15) is 0 Å². The van der Waals surface area contributed by atoms with Crippen LogP contribution in [-0.2, 0) is 0 Å². The predicted molar refractivity (Wildman–Crippen MR) is 92.3 cm³/mol. The Morgan fingerprint density at radius 2 is 2.05 bits per heavy atom. The van der Waals surface area contributed by atoms with Crippen LogP contribution in [0.15, 0.2) is 23.2 Å².